The van der Waals surface area contributed by atoms with Crippen LogP contribution in [0.3, 0.4) is 0 Å². The molecule has 0 fully saturated rings. The average Bonchev–Trinajstić information content (AvgIpc) is 2.76. The summed E-state index contributed by atoms with van der Waals surface area (Å²) in [5.74, 6) is -2.61. The van der Waals surface area contributed by atoms with Gasteiger partial charge in [-0.3, -0.25) is 9.59 Å². The lowest BCUT2D eigenvalue weighted by atomic mass is 9.95. The van der Waals surface area contributed by atoms with Crippen molar-refractivity contribution in [1.29, 1.82) is 0 Å². The Bertz CT molecular complexity index is 450. The van der Waals surface area contributed by atoms with Gasteiger partial charge in [0.1, 0.15) is 12.7 Å². The normalized spacial score (nSPS) is 14.0. The van der Waals surface area contributed by atoms with Crippen molar-refractivity contribution in [3.05, 3.63) is 11.9 Å². The lowest BCUT2D eigenvalue weighted by Crippen LogP contribution is -2.37. The fraction of sp³-hybridized carbons (Fsp3) is 0.600. The molecule has 8 nitrogen and oxygen atoms in total. The van der Waals surface area contributed by atoms with E-state index in [-0.39, 0.29) is 19.4 Å². The number of rotatable bonds is 8. The molecule has 0 unspecified atom stereocenters. The van der Waals surface area contributed by atoms with Gasteiger partial charge >= 0.3 is 5.97 Å². The first-order valence-corrected chi connectivity index (χ1v) is 5.66. The van der Waals surface area contributed by atoms with Crippen LogP contribution in [0.15, 0.2) is 6.20 Å². The van der Waals surface area contributed by atoms with E-state index in [4.69, 9.17) is 16.6 Å². The molecule has 0 aliphatic carbocycles. The number of halogens is 1. The first kappa shape index (κ1) is 15.0. The zero-order valence-corrected chi connectivity index (χ0v) is 10.2. The van der Waals surface area contributed by atoms with Gasteiger partial charge in [-0.2, -0.15) is 0 Å². The van der Waals surface area contributed by atoms with Crippen LogP contribution in [0.2, 0.25) is 0 Å². The zero-order valence-electron chi connectivity index (χ0n) is 10.2. The highest BCUT2D eigenvalue weighted by molar-refractivity contribution is 5.79. The van der Waals surface area contributed by atoms with E-state index in [1.165, 1.54) is 10.9 Å². The Labute approximate surface area is 108 Å². The summed E-state index contributed by atoms with van der Waals surface area (Å²) in [5.41, 5.74) is 11.0. The number of carbonyl (C=O) groups is 2. The fourth-order valence-electron chi connectivity index (χ4n) is 1.59. The van der Waals surface area contributed by atoms with Crippen LogP contribution in [0.4, 0.5) is 4.39 Å². The second kappa shape index (κ2) is 6.78. The molecule has 1 rings (SSSR count). The molecule has 19 heavy (non-hydrogen) atoms. The van der Waals surface area contributed by atoms with Crippen molar-refractivity contribution in [3.63, 3.8) is 0 Å². The molecule has 0 bridgehead atoms. The summed E-state index contributed by atoms with van der Waals surface area (Å²) in [6, 6.07) is -1.17. The molecule has 1 heterocycles. The molecule has 0 aromatic carbocycles. The third kappa shape index (κ3) is 4.62. The van der Waals surface area contributed by atoms with Crippen molar-refractivity contribution in [3.8, 4) is 0 Å². The van der Waals surface area contributed by atoms with Gasteiger partial charge in [-0.25, -0.2) is 9.07 Å². The standard InChI is InChI=1S/C10H16FN5O3/c11-1-2-16-5-7(14-15-16)3-6(9(13)17)4-8(12)10(18)19/h5-6,8H,1-4,12H2,(H2,13,17)(H,18,19)/t6-,8-/m0/s1. The molecule has 0 aliphatic rings. The van der Waals surface area contributed by atoms with Crippen LogP contribution in [-0.4, -0.2) is 44.7 Å². The van der Waals surface area contributed by atoms with Crippen molar-refractivity contribution in [2.75, 3.05) is 6.67 Å². The van der Waals surface area contributed by atoms with Crippen molar-refractivity contribution in [2.24, 2.45) is 17.4 Å². The number of primary amides is 1. The van der Waals surface area contributed by atoms with Crippen LogP contribution in [0.5, 0.6) is 0 Å². The molecule has 5 N–H and O–H groups in total. The first-order valence-electron chi connectivity index (χ1n) is 5.66. The molecule has 0 aliphatic heterocycles. The second-order valence-electron chi connectivity index (χ2n) is 4.15. The SMILES string of the molecule is NC(=O)[C@@H](Cc1cn(CCF)nn1)C[C@H](N)C(=O)O. The molecule has 0 saturated heterocycles. The Kier molecular flexibility index (Phi) is 5.37. The second-order valence-corrected chi connectivity index (χ2v) is 4.15. The highest BCUT2D eigenvalue weighted by Gasteiger charge is 2.24. The van der Waals surface area contributed by atoms with Gasteiger partial charge in [-0.1, -0.05) is 5.21 Å². The number of hydrogen-bond acceptors (Lipinski definition) is 5. The van der Waals surface area contributed by atoms with Crippen LogP contribution in [0.1, 0.15) is 12.1 Å². The van der Waals surface area contributed by atoms with E-state index >= 15 is 0 Å². The maximum absolute atomic E-state index is 12.1. The van der Waals surface area contributed by atoms with Crippen LogP contribution >= 0.6 is 0 Å². The predicted molar refractivity (Wildman–Crippen MR) is 62.6 cm³/mol. The quantitative estimate of drug-likeness (QED) is 0.538. The van der Waals surface area contributed by atoms with E-state index in [0.29, 0.717) is 5.69 Å². The molecular formula is C10H16FN5O3. The molecule has 1 amide bonds. The highest BCUT2D eigenvalue weighted by Crippen LogP contribution is 2.12. The summed E-state index contributed by atoms with van der Waals surface area (Å²) in [4.78, 5) is 21.9. The third-order valence-electron chi connectivity index (χ3n) is 2.61. The minimum atomic E-state index is -1.20. The van der Waals surface area contributed by atoms with Crippen molar-refractivity contribution >= 4 is 11.9 Å². The number of carbonyl (C=O) groups excluding carboxylic acids is 1. The van der Waals surface area contributed by atoms with E-state index in [9.17, 15) is 14.0 Å². The Morgan fingerprint density at radius 3 is 2.74 bits per heavy atom. The first-order chi connectivity index (χ1) is 8.93. The summed E-state index contributed by atoms with van der Waals surface area (Å²) >= 11 is 0. The minimum Gasteiger partial charge on any atom is -0.480 e. The number of hydrogen-bond donors (Lipinski definition) is 3. The van der Waals surface area contributed by atoms with Gasteiger partial charge in [0.15, 0.2) is 0 Å². The number of alkyl halides is 1. The minimum absolute atomic E-state index is 0.0723. The van der Waals surface area contributed by atoms with Crippen LogP contribution in [0.25, 0.3) is 0 Å². The summed E-state index contributed by atoms with van der Waals surface area (Å²) in [6.45, 7) is -0.505. The van der Waals surface area contributed by atoms with Gasteiger partial charge in [-0.15, -0.1) is 5.10 Å². The predicted octanol–water partition coefficient (Wildman–Crippen LogP) is -1.31. The molecular weight excluding hydrogens is 257 g/mol. The van der Waals surface area contributed by atoms with Crippen LogP contribution in [0, 0.1) is 5.92 Å². The average molecular weight is 273 g/mol. The lowest BCUT2D eigenvalue weighted by molar-refractivity contribution is -0.139. The zero-order chi connectivity index (χ0) is 14.4. The van der Waals surface area contributed by atoms with E-state index in [1.807, 2.05) is 0 Å². The van der Waals surface area contributed by atoms with Gasteiger partial charge in [0, 0.05) is 18.5 Å². The molecule has 106 valence electrons. The third-order valence-corrected chi connectivity index (χ3v) is 2.61. The Balaban J connectivity index is 2.67. The Hall–Kier alpha value is -2.03. The van der Waals surface area contributed by atoms with Crippen molar-refractivity contribution < 1.29 is 19.1 Å². The van der Waals surface area contributed by atoms with E-state index in [0.717, 1.165) is 0 Å². The number of carboxylic acid groups (broad SMARTS) is 1. The maximum atomic E-state index is 12.1. The van der Waals surface area contributed by atoms with Crippen molar-refractivity contribution in [2.45, 2.75) is 25.4 Å². The van der Waals surface area contributed by atoms with Gasteiger partial charge < -0.3 is 16.6 Å². The molecule has 9 heteroatoms. The summed E-state index contributed by atoms with van der Waals surface area (Å²) in [7, 11) is 0. The van der Waals surface area contributed by atoms with E-state index < -0.39 is 30.5 Å². The number of nitrogens with two attached hydrogens (primary N) is 2. The summed E-state index contributed by atoms with van der Waals surface area (Å²) in [6.07, 6.45) is 1.53. The molecule has 0 saturated carbocycles. The molecule has 1 aromatic heterocycles. The molecule has 2 atom stereocenters. The van der Waals surface area contributed by atoms with Crippen LogP contribution < -0.4 is 11.5 Å². The topological polar surface area (TPSA) is 137 Å². The molecule has 0 radical (unpaired) electrons. The summed E-state index contributed by atoms with van der Waals surface area (Å²) < 4.78 is 13.4. The van der Waals surface area contributed by atoms with Crippen LogP contribution in [-0.2, 0) is 22.6 Å². The number of carboxylic acids is 1. The fourth-order valence-corrected chi connectivity index (χ4v) is 1.59. The Morgan fingerprint density at radius 2 is 2.21 bits per heavy atom. The Morgan fingerprint density at radius 1 is 1.53 bits per heavy atom. The van der Waals surface area contributed by atoms with E-state index in [1.54, 1.807) is 0 Å². The molecule has 1 aromatic rings. The van der Waals surface area contributed by atoms with Gasteiger partial charge in [0.2, 0.25) is 5.91 Å². The number of nitrogens with zero attached hydrogens (tertiary/aromatic N) is 3. The smallest absolute Gasteiger partial charge is 0.320 e. The largest absolute Gasteiger partial charge is 0.480 e. The number of aromatic nitrogens is 3. The van der Waals surface area contributed by atoms with Crippen molar-refractivity contribution in [1.82, 2.24) is 15.0 Å². The van der Waals surface area contributed by atoms with Gasteiger partial charge in [-0.05, 0) is 6.42 Å². The van der Waals surface area contributed by atoms with Gasteiger partial charge in [0.05, 0.1) is 12.2 Å². The lowest BCUT2D eigenvalue weighted by Gasteiger charge is -2.14. The van der Waals surface area contributed by atoms with E-state index in [2.05, 4.69) is 10.3 Å². The maximum Gasteiger partial charge on any atom is 0.320 e. The molecule has 0 spiro atoms. The monoisotopic (exact) mass is 273 g/mol. The summed E-state index contributed by atoms with van der Waals surface area (Å²) in [5, 5.41) is 16.1. The van der Waals surface area contributed by atoms with Gasteiger partial charge in [0.25, 0.3) is 0 Å². The number of amides is 1. The number of aryl methyl sites for hydroxylation is 1. The number of aliphatic carboxylic acids is 1. The highest BCUT2D eigenvalue weighted by atomic mass is 19.1.